The van der Waals surface area contributed by atoms with Gasteiger partial charge in [-0.15, -0.1) is 0 Å². The van der Waals surface area contributed by atoms with Gasteiger partial charge < -0.3 is 10.6 Å². The van der Waals surface area contributed by atoms with E-state index in [0.717, 1.165) is 18.9 Å². The minimum absolute atomic E-state index is 0.190. The molecule has 1 atom stereocenters. The Bertz CT molecular complexity index is 314. The molecular weight excluding hydrogens is 208 g/mol. The van der Waals surface area contributed by atoms with Crippen molar-refractivity contribution >= 4 is 23.0 Å². The van der Waals surface area contributed by atoms with Crippen LogP contribution >= 0.6 is 12.2 Å². The summed E-state index contributed by atoms with van der Waals surface area (Å²) < 4.78 is 0. The second kappa shape index (κ2) is 5.60. The molecule has 0 bridgehead atoms. The van der Waals surface area contributed by atoms with Crippen LogP contribution in [0.15, 0.2) is 18.6 Å². The summed E-state index contributed by atoms with van der Waals surface area (Å²) in [5, 5.41) is 0. The van der Waals surface area contributed by atoms with Crippen LogP contribution in [0.25, 0.3) is 0 Å². The molecule has 0 radical (unpaired) electrons. The summed E-state index contributed by atoms with van der Waals surface area (Å²) in [7, 11) is 0. The zero-order valence-corrected chi connectivity index (χ0v) is 9.87. The SMILES string of the molecule is CCN(CC(C)C(N)=S)c1ccncn1. The Morgan fingerprint density at radius 2 is 2.40 bits per heavy atom. The Kier molecular flexibility index (Phi) is 4.42. The van der Waals surface area contributed by atoms with Gasteiger partial charge in [-0.3, -0.25) is 0 Å². The number of thiocarbonyl (C=S) groups is 1. The second-order valence-electron chi connectivity index (χ2n) is 3.41. The van der Waals surface area contributed by atoms with E-state index in [4.69, 9.17) is 18.0 Å². The number of nitrogens with zero attached hydrogens (tertiary/aromatic N) is 3. The summed E-state index contributed by atoms with van der Waals surface area (Å²) in [4.78, 5) is 10.8. The molecule has 0 aliphatic carbocycles. The Labute approximate surface area is 95.5 Å². The van der Waals surface area contributed by atoms with E-state index < -0.39 is 0 Å². The smallest absolute Gasteiger partial charge is 0.131 e. The summed E-state index contributed by atoms with van der Waals surface area (Å²) >= 11 is 4.95. The highest BCUT2D eigenvalue weighted by atomic mass is 32.1. The average Bonchev–Trinajstić information content (AvgIpc) is 2.26. The van der Waals surface area contributed by atoms with Gasteiger partial charge in [0.05, 0.1) is 4.99 Å². The summed E-state index contributed by atoms with van der Waals surface area (Å²) in [5.74, 6) is 1.10. The first-order valence-corrected chi connectivity index (χ1v) is 5.36. The lowest BCUT2D eigenvalue weighted by molar-refractivity contribution is 0.699. The van der Waals surface area contributed by atoms with Gasteiger partial charge in [0.2, 0.25) is 0 Å². The van der Waals surface area contributed by atoms with Crippen LogP contribution in [0, 0.1) is 5.92 Å². The molecule has 5 heteroatoms. The van der Waals surface area contributed by atoms with E-state index in [1.54, 1.807) is 12.5 Å². The molecule has 0 spiro atoms. The van der Waals surface area contributed by atoms with Gasteiger partial charge in [0.1, 0.15) is 12.1 Å². The number of nitrogens with two attached hydrogens (primary N) is 1. The Morgan fingerprint density at radius 1 is 1.67 bits per heavy atom. The van der Waals surface area contributed by atoms with Gasteiger partial charge in [-0.2, -0.15) is 0 Å². The number of anilines is 1. The summed E-state index contributed by atoms with van der Waals surface area (Å²) in [6.07, 6.45) is 3.28. The Morgan fingerprint density at radius 3 is 2.87 bits per heavy atom. The minimum Gasteiger partial charge on any atom is -0.393 e. The topological polar surface area (TPSA) is 55.0 Å². The first kappa shape index (κ1) is 11.8. The molecule has 1 heterocycles. The fraction of sp³-hybridized carbons (Fsp3) is 0.500. The maximum atomic E-state index is 5.59. The van der Waals surface area contributed by atoms with Gasteiger partial charge in [0.25, 0.3) is 0 Å². The highest BCUT2D eigenvalue weighted by molar-refractivity contribution is 7.80. The van der Waals surface area contributed by atoms with E-state index in [9.17, 15) is 0 Å². The van der Waals surface area contributed by atoms with Crippen molar-refractivity contribution in [2.24, 2.45) is 11.7 Å². The predicted molar refractivity (Wildman–Crippen MR) is 65.9 cm³/mol. The fourth-order valence-electron chi connectivity index (χ4n) is 1.28. The third kappa shape index (κ3) is 3.43. The van der Waals surface area contributed by atoms with Crippen LogP contribution in [-0.2, 0) is 0 Å². The molecule has 2 N–H and O–H groups in total. The van der Waals surface area contributed by atoms with Crippen LogP contribution in [0.2, 0.25) is 0 Å². The molecule has 1 aromatic heterocycles. The molecule has 1 rings (SSSR count). The van der Waals surface area contributed by atoms with Crippen molar-refractivity contribution < 1.29 is 0 Å². The number of rotatable bonds is 5. The highest BCUT2D eigenvalue weighted by Gasteiger charge is 2.11. The quantitative estimate of drug-likeness (QED) is 0.762. The second-order valence-corrected chi connectivity index (χ2v) is 3.88. The molecule has 0 amide bonds. The lowest BCUT2D eigenvalue weighted by atomic mass is 10.1. The first-order chi connectivity index (χ1) is 7.15. The van der Waals surface area contributed by atoms with Crippen molar-refractivity contribution in [2.75, 3.05) is 18.0 Å². The minimum atomic E-state index is 0.190. The molecule has 1 aromatic rings. The van der Waals surface area contributed by atoms with Crippen LogP contribution < -0.4 is 10.6 Å². The van der Waals surface area contributed by atoms with E-state index in [-0.39, 0.29) is 5.92 Å². The number of hydrogen-bond acceptors (Lipinski definition) is 4. The Balaban J connectivity index is 2.69. The summed E-state index contributed by atoms with van der Waals surface area (Å²) in [6.45, 7) is 5.77. The van der Waals surface area contributed by atoms with Crippen molar-refractivity contribution in [1.82, 2.24) is 9.97 Å². The first-order valence-electron chi connectivity index (χ1n) is 4.95. The predicted octanol–water partition coefficient (Wildman–Crippen LogP) is 1.23. The van der Waals surface area contributed by atoms with Gasteiger partial charge in [-0.05, 0) is 13.0 Å². The van der Waals surface area contributed by atoms with Crippen LogP contribution in [0.1, 0.15) is 13.8 Å². The maximum absolute atomic E-state index is 5.59. The molecule has 0 aliphatic heterocycles. The van der Waals surface area contributed by atoms with E-state index >= 15 is 0 Å². The van der Waals surface area contributed by atoms with Crippen molar-refractivity contribution in [2.45, 2.75) is 13.8 Å². The molecule has 82 valence electrons. The van der Waals surface area contributed by atoms with Crippen LogP contribution in [-0.4, -0.2) is 28.0 Å². The van der Waals surface area contributed by atoms with E-state index in [0.29, 0.717) is 4.99 Å². The molecule has 4 nitrogen and oxygen atoms in total. The third-order valence-electron chi connectivity index (χ3n) is 2.25. The van der Waals surface area contributed by atoms with Gasteiger partial charge >= 0.3 is 0 Å². The third-order valence-corrected chi connectivity index (χ3v) is 2.65. The van der Waals surface area contributed by atoms with Crippen LogP contribution in [0.4, 0.5) is 5.82 Å². The zero-order chi connectivity index (χ0) is 11.3. The highest BCUT2D eigenvalue weighted by Crippen LogP contribution is 2.10. The van der Waals surface area contributed by atoms with Gasteiger partial charge in [0, 0.05) is 25.2 Å². The van der Waals surface area contributed by atoms with E-state index in [1.165, 1.54) is 0 Å². The van der Waals surface area contributed by atoms with Crippen molar-refractivity contribution in [3.8, 4) is 0 Å². The van der Waals surface area contributed by atoms with Gasteiger partial charge in [0.15, 0.2) is 0 Å². The molecule has 0 aromatic carbocycles. The Hall–Kier alpha value is -1.23. The summed E-state index contributed by atoms with van der Waals surface area (Å²) in [5.41, 5.74) is 5.59. The van der Waals surface area contributed by atoms with Gasteiger partial charge in [-0.1, -0.05) is 19.1 Å². The van der Waals surface area contributed by atoms with Crippen molar-refractivity contribution in [3.05, 3.63) is 18.6 Å². The summed E-state index contributed by atoms with van der Waals surface area (Å²) in [6, 6.07) is 1.88. The van der Waals surface area contributed by atoms with Crippen molar-refractivity contribution in [1.29, 1.82) is 0 Å². The maximum Gasteiger partial charge on any atom is 0.131 e. The molecular formula is C10H16N4S. The normalized spacial score (nSPS) is 12.1. The van der Waals surface area contributed by atoms with Crippen LogP contribution in [0.5, 0.6) is 0 Å². The number of hydrogen-bond donors (Lipinski definition) is 1. The standard InChI is InChI=1S/C10H16N4S/c1-3-14(6-8(2)10(11)15)9-4-5-12-7-13-9/h4-5,7-8H,3,6H2,1-2H3,(H2,11,15). The van der Waals surface area contributed by atoms with E-state index in [1.807, 2.05) is 13.0 Å². The fourth-order valence-corrected chi connectivity index (χ4v) is 1.35. The van der Waals surface area contributed by atoms with Crippen LogP contribution in [0.3, 0.4) is 0 Å². The van der Waals surface area contributed by atoms with Gasteiger partial charge in [-0.25, -0.2) is 9.97 Å². The van der Waals surface area contributed by atoms with Crippen molar-refractivity contribution in [3.63, 3.8) is 0 Å². The monoisotopic (exact) mass is 224 g/mol. The lowest BCUT2D eigenvalue weighted by Crippen LogP contribution is -2.34. The lowest BCUT2D eigenvalue weighted by Gasteiger charge is -2.24. The molecule has 1 unspecified atom stereocenters. The molecule has 0 fully saturated rings. The zero-order valence-electron chi connectivity index (χ0n) is 9.05. The largest absolute Gasteiger partial charge is 0.393 e. The average molecular weight is 224 g/mol. The number of aromatic nitrogens is 2. The van der Waals surface area contributed by atoms with E-state index in [2.05, 4.69) is 21.8 Å². The molecule has 0 saturated heterocycles. The molecule has 15 heavy (non-hydrogen) atoms. The molecule has 0 aliphatic rings. The molecule has 0 saturated carbocycles.